The molecule has 0 bridgehead atoms. The molecule has 0 aliphatic carbocycles. The lowest BCUT2D eigenvalue weighted by Crippen LogP contribution is -2.23. The van der Waals surface area contributed by atoms with Crippen LogP contribution in [0, 0.1) is 6.92 Å². The number of rotatable bonds is 8. The monoisotopic (exact) mass is 443 g/mol. The highest BCUT2D eigenvalue weighted by Gasteiger charge is 2.11. The van der Waals surface area contributed by atoms with Gasteiger partial charge in [0.2, 0.25) is 0 Å². The van der Waals surface area contributed by atoms with Crippen molar-refractivity contribution in [3.8, 4) is 11.5 Å². The summed E-state index contributed by atoms with van der Waals surface area (Å²) in [7, 11) is 0. The van der Waals surface area contributed by atoms with Gasteiger partial charge in [-0.1, -0.05) is 30.3 Å². The van der Waals surface area contributed by atoms with E-state index in [1.54, 1.807) is 42.5 Å². The Kier molecular flexibility index (Phi) is 6.45. The predicted molar refractivity (Wildman–Crippen MR) is 124 cm³/mol. The molecule has 0 radical (unpaired) electrons. The first-order valence-electron chi connectivity index (χ1n) is 10.2. The third kappa shape index (κ3) is 5.24. The SMILES string of the molecule is Cc1ccccc1OCc1nc2ccccc2c(=O)n1/N=C\c1ccc(OCC(=O)O)cc1. The maximum atomic E-state index is 13.1. The lowest BCUT2D eigenvalue weighted by atomic mass is 10.2. The van der Waals surface area contributed by atoms with Crippen LogP contribution in [0.15, 0.2) is 82.7 Å². The molecule has 0 amide bonds. The van der Waals surface area contributed by atoms with E-state index in [0.29, 0.717) is 33.8 Å². The smallest absolute Gasteiger partial charge is 0.341 e. The summed E-state index contributed by atoms with van der Waals surface area (Å²) in [6.07, 6.45) is 1.52. The Labute approximate surface area is 189 Å². The first-order valence-corrected chi connectivity index (χ1v) is 10.2. The number of carbonyl (C=O) groups is 1. The number of hydrogen-bond acceptors (Lipinski definition) is 6. The Morgan fingerprint density at radius 3 is 2.52 bits per heavy atom. The van der Waals surface area contributed by atoms with Gasteiger partial charge in [-0.3, -0.25) is 4.79 Å². The number of aromatic nitrogens is 2. The van der Waals surface area contributed by atoms with E-state index in [2.05, 4.69) is 10.1 Å². The minimum atomic E-state index is -1.05. The van der Waals surface area contributed by atoms with Crippen molar-refractivity contribution in [1.82, 2.24) is 9.66 Å². The van der Waals surface area contributed by atoms with Crippen molar-refractivity contribution in [3.05, 3.63) is 100 Å². The van der Waals surface area contributed by atoms with Gasteiger partial charge in [-0.25, -0.2) is 9.78 Å². The molecule has 8 nitrogen and oxygen atoms in total. The van der Waals surface area contributed by atoms with Crippen LogP contribution in [0.4, 0.5) is 0 Å². The standard InChI is InChI=1S/C25H21N3O5/c1-17-6-2-5-9-22(17)33-15-23-27-21-8-4-3-7-20(21)25(31)28(23)26-14-18-10-12-19(13-11-18)32-16-24(29)30/h2-14H,15-16H2,1H3,(H,29,30)/b26-14-. The number of nitrogens with zero attached hydrogens (tertiary/aromatic N) is 3. The molecule has 0 aliphatic rings. The van der Waals surface area contributed by atoms with E-state index < -0.39 is 12.6 Å². The van der Waals surface area contributed by atoms with Crippen molar-refractivity contribution in [2.75, 3.05) is 6.61 Å². The number of hydrogen-bond donors (Lipinski definition) is 1. The third-order valence-electron chi connectivity index (χ3n) is 4.84. The Balaban J connectivity index is 1.64. The van der Waals surface area contributed by atoms with E-state index in [-0.39, 0.29) is 12.2 Å². The van der Waals surface area contributed by atoms with Crippen molar-refractivity contribution in [2.45, 2.75) is 13.5 Å². The van der Waals surface area contributed by atoms with Crippen LogP contribution in [0.25, 0.3) is 10.9 Å². The summed E-state index contributed by atoms with van der Waals surface area (Å²) in [5, 5.41) is 13.5. The van der Waals surface area contributed by atoms with Crippen LogP contribution in [-0.4, -0.2) is 33.6 Å². The molecule has 0 saturated carbocycles. The summed E-state index contributed by atoms with van der Waals surface area (Å²) in [4.78, 5) is 28.4. The number of fused-ring (bicyclic) bond motifs is 1. The number of carboxylic acid groups (broad SMARTS) is 1. The average Bonchev–Trinajstić information content (AvgIpc) is 2.82. The number of aliphatic carboxylic acids is 1. The van der Waals surface area contributed by atoms with Crippen molar-refractivity contribution in [3.63, 3.8) is 0 Å². The Hall–Kier alpha value is -4.46. The van der Waals surface area contributed by atoms with E-state index in [0.717, 1.165) is 5.56 Å². The second-order valence-corrected chi connectivity index (χ2v) is 7.21. The van der Waals surface area contributed by atoms with Gasteiger partial charge in [0, 0.05) is 0 Å². The molecule has 4 aromatic rings. The van der Waals surface area contributed by atoms with Gasteiger partial charge in [0.15, 0.2) is 12.4 Å². The minimum Gasteiger partial charge on any atom is -0.485 e. The van der Waals surface area contributed by atoms with Crippen molar-refractivity contribution in [2.24, 2.45) is 5.10 Å². The second kappa shape index (κ2) is 9.78. The van der Waals surface area contributed by atoms with Gasteiger partial charge in [-0.2, -0.15) is 9.78 Å². The first kappa shape index (κ1) is 21.8. The highest BCUT2D eigenvalue weighted by atomic mass is 16.5. The summed E-state index contributed by atoms with van der Waals surface area (Å²) in [5.74, 6) is 0.433. The molecule has 4 rings (SSSR count). The van der Waals surface area contributed by atoms with E-state index in [4.69, 9.17) is 14.6 Å². The van der Waals surface area contributed by atoms with Crippen molar-refractivity contribution in [1.29, 1.82) is 0 Å². The molecule has 166 valence electrons. The van der Waals surface area contributed by atoms with E-state index in [1.165, 1.54) is 10.9 Å². The Bertz CT molecular complexity index is 1380. The largest absolute Gasteiger partial charge is 0.485 e. The van der Waals surface area contributed by atoms with Crippen LogP contribution in [0.2, 0.25) is 0 Å². The van der Waals surface area contributed by atoms with Gasteiger partial charge < -0.3 is 14.6 Å². The van der Waals surface area contributed by atoms with E-state index in [1.807, 2.05) is 37.3 Å². The molecule has 1 heterocycles. The molecule has 0 aliphatic heterocycles. The summed E-state index contributed by atoms with van der Waals surface area (Å²) >= 11 is 0. The van der Waals surface area contributed by atoms with Crippen LogP contribution >= 0.6 is 0 Å². The number of ether oxygens (including phenoxy) is 2. The lowest BCUT2D eigenvalue weighted by molar-refractivity contribution is -0.139. The number of benzene rings is 3. The van der Waals surface area contributed by atoms with Gasteiger partial charge in [-0.15, -0.1) is 0 Å². The normalized spacial score (nSPS) is 11.1. The maximum absolute atomic E-state index is 13.1. The summed E-state index contributed by atoms with van der Waals surface area (Å²) < 4.78 is 12.3. The Morgan fingerprint density at radius 1 is 1.03 bits per heavy atom. The highest BCUT2D eigenvalue weighted by Crippen LogP contribution is 2.18. The zero-order valence-electron chi connectivity index (χ0n) is 17.8. The number of carboxylic acids is 1. The van der Waals surface area contributed by atoms with E-state index >= 15 is 0 Å². The molecule has 3 aromatic carbocycles. The van der Waals surface area contributed by atoms with Crippen LogP contribution < -0.4 is 15.0 Å². The topological polar surface area (TPSA) is 103 Å². The van der Waals surface area contributed by atoms with Crippen LogP contribution in [0.1, 0.15) is 17.0 Å². The molecule has 1 aromatic heterocycles. The fourth-order valence-electron chi connectivity index (χ4n) is 3.16. The molecule has 0 spiro atoms. The number of aryl methyl sites for hydroxylation is 1. The molecule has 8 heteroatoms. The zero-order chi connectivity index (χ0) is 23.2. The van der Waals surface area contributed by atoms with Gasteiger partial charge in [0.1, 0.15) is 18.1 Å². The van der Waals surface area contributed by atoms with Gasteiger partial charge in [0.05, 0.1) is 17.1 Å². The van der Waals surface area contributed by atoms with E-state index in [9.17, 15) is 9.59 Å². The lowest BCUT2D eigenvalue weighted by Gasteiger charge is -2.12. The average molecular weight is 443 g/mol. The highest BCUT2D eigenvalue weighted by molar-refractivity contribution is 5.80. The molecular formula is C25H21N3O5. The maximum Gasteiger partial charge on any atom is 0.341 e. The third-order valence-corrected chi connectivity index (χ3v) is 4.84. The minimum absolute atomic E-state index is 0.0598. The molecule has 0 saturated heterocycles. The van der Waals surface area contributed by atoms with Crippen molar-refractivity contribution < 1.29 is 19.4 Å². The molecule has 33 heavy (non-hydrogen) atoms. The quantitative estimate of drug-likeness (QED) is 0.417. The Morgan fingerprint density at radius 2 is 1.76 bits per heavy atom. The molecule has 0 unspecified atom stereocenters. The second-order valence-electron chi connectivity index (χ2n) is 7.21. The fourth-order valence-corrected chi connectivity index (χ4v) is 3.16. The predicted octanol–water partition coefficient (Wildman–Crippen LogP) is 3.63. The van der Waals surface area contributed by atoms with Crippen LogP contribution in [0.3, 0.4) is 0 Å². The molecular weight excluding hydrogens is 422 g/mol. The summed E-state index contributed by atoms with van der Waals surface area (Å²) in [6, 6.07) is 21.4. The van der Waals surface area contributed by atoms with Crippen LogP contribution in [0.5, 0.6) is 11.5 Å². The fraction of sp³-hybridized carbons (Fsp3) is 0.120. The van der Waals surface area contributed by atoms with Gasteiger partial charge in [-0.05, 0) is 60.5 Å². The molecule has 0 atom stereocenters. The number of para-hydroxylation sites is 2. The van der Waals surface area contributed by atoms with Crippen molar-refractivity contribution >= 4 is 23.1 Å². The van der Waals surface area contributed by atoms with Crippen LogP contribution in [-0.2, 0) is 11.4 Å². The first-order chi connectivity index (χ1) is 16.0. The summed E-state index contributed by atoms with van der Waals surface area (Å²) in [6.45, 7) is 1.58. The molecule has 0 fully saturated rings. The van der Waals surface area contributed by atoms with Gasteiger partial charge >= 0.3 is 5.97 Å². The molecule has 1 N–H and O–H groups in total. The van der Waals surface area contributed by atoms with Gasteiger partial charge in [0.25, 0.3) is 5.56 Å². The summed E-state index contributed by atoms with van der Waals surface area (Å²) in [5.41, 5.74) is 1.93. The zero-order valence-corrected chi connectivity index (χ0v) is 17.8.